The van der Waals surface area contributed by atoms with E-state index in [2.05, 4.69) is 31.1 Å². The number of carbonyl (C=O) groups excluding carboxylic acids is 1. The van der Waals surface area contributed by atoms with E-state index in [1.54, 1.807) is 23.6 Å². The molecule has 0 aliphatic heterocycles. The summed E-state index contributed by atoms with van der Waals surface area (Å²) in [4.78, 5) is 17.4. The Morgan fingerprint density at radius 1 is 1.48 bits per heavy atom. The monoisotopic (exact) mass is 308 g/mol. The number of aliphatic hydroxyl groups excluding tert-OH is 1. The number of carbonyl (C=O) groups is 1. The van der Waals surface area contributed by atoms with Crippen molar-refractivity contribution < 1.29 is 9.90 Å². The minimum Gasteiger partial charge on any atom is -0.394 e. The van der Waals surface area contributed by atoms with Gasteiger partial charge in [-0.05, 0) is 31.8 Å². The van der Waals surface area contributed by atoms with Gasteiger partial charge in [-0.2, -0.15) is 0 Å². The third kappa shape index (κ3) is 4.14. The Labute approximate surface area is 130 Å². The van der Waals surface area contributed by atoms with Gasteiger partial charge in [0.2, 0.25) is 5.91 Å². The van der Waals surface area contributed by atoms with Gasteiger partial charge in [0.1, 0.15) is 0 Å². The summed E-state index contributed by atoms with van der Waals surface area (Å²) in [5.74, 6) is 0.236. The molecule has 1 amide bonds. The number of hydrogen-bond acceptors (Lipinski definition) is 4. The van der Waals surface area contributed by atoms with Gasteiger partial charge >= 0.3 is 0 Å². The quantitative estimate of drug-likeness (QED) is 0.822. The average molecular weight is 308 g/mol. The molecule has 21 heavy (non-hydrogen) atoms. The van der Waals surface area contributed by atoms with Crippen LogP contribution >= 0.6 is 11.3 Å². The van der Waals surface area contributed by atoms with Crippen LogP contribution in [-0.4, -0.2) is 28.1 Å². The standard InChI is InChI=1S/C16H24N2O2S/c1-15(2,3)14-17-9-12(21-14)7-8-13(20)18-16(4,10-19)11-5-6-11/h7-9,11,19H,5-6,10H2,1-4H3,(H,18,20)/b8-7+. The first kappa shape index (κ1) is 16.2. The second-order valence-corrected chi connectivity index (χ2v) is 8.05. The van der Waals surface area contributed by atoms with Crippen molar-refractivity contribution in [2.24, 2.45) is 5.92 Å². The third-order valence-corrected chi connectivity index (χ3v) is 5.17. The zero-order chi connectivity index (χ0) is 15.7. The number of thiazole rings is 1. The molecule has 1 aliphatic rings. The summed E-state index contributed by atoms with van der Waals surface area (Å²) in [5, 5.41) is 13.5. The number of nitrogens with zero attached hydrogens (tertiary/aromatic N) is 1. The lowest BCUT2D eigenvalue weighted by atomic mass is 9.97. The molecule has 2 rings (SSSR count). The van der Waals surface area contributed by atoms with E-state index in [4.69, 9.17) is 0 Å². The zero-order valence-corrected chi connectivity index (χ0v) is 14.0. The molecule has 0 aromatic carbocycles. The molecule has 0 bridgehead atoms. The minimum atomic E-state index is -0.494. The lowest BCUT2D eigenvalue weighted by molar-refractivity contribution is -0.119. The Kier molecular flexibility index (Phi) is 4.54. The summed E-state index contributed by atoms with van der Waals surface area (Å²) in [6, 6.07) is 0. The molecule has 116 valence electrons. The summed E-state index contributed by atoms with van der Waals surface area (Å²) in [5.41, 5.74) is -0.466. The Morgan fingerprint density at radius 3 is 2.62 bits per heavy atom. The van der Waals surface area contributed by atoms with Gasteiger partial charge in [-0.25, -0.2) is 4.98 Å². The fourth-order valence-electron chi connectivity index (χ4n) is 2.18. The Hall–Kier alpha value is -1.20. The molecule has 0 spiro atoms. The zero-order valence-electron chi connectivity index (χ0n) is 13.1. The number of aromatic nitrogens is 1. The molecule has 0 saturated heterocycles. The lowest BCUT2D eigenvalue weighted by Crippen LogP contribution is -2.50. The van der Waals surface area contributed by atoms with Crippen molar-refractivity contribution in [2.45, 2.75) is 51.5 Å². The fraction of sp³-hybridized carbons (Fsp3) is 0.625. The van der Waals surface area contributed by atoms with Gasteiger partial charge in [0.05, 0.1) is 17.2 Å². The van der Waals surface area contributed by atoms with Gasteiger partial charge in [-0.15, -0.1) is 11.3 Å². The first-order valence-electron chi connectivity index (χ1n) is 7.32. The maximum absolute atomic E-state index is 12.0. The fourth-order valence-corrected chi connectivity index (χ4v) is 3.06. The smallest absolute Gasteiger partial charge is 0.244 e. The maximum atomic E-state index is 12.0. The number of amides is 1. The van der Waals surface area contributed by atoms with Gasteiger partial charge < -0.3 is 10.4 Å². The third-order valence-electron chi connectivity index (χ3n) is 3.78. The second kappa shape index (κ2) is 5.89. The predicted molar refractivity (Wildman–Crippen MR) is 86.2 cm³/mol. The van der Waals surface area contributed by atoms with Crippen LogP contribution in [0.3, 0.4) is 0 Å². The molecule has 1 atom stereocenters. The average Bonchev–Trinajstić information content (AvgIpc) is 3.14. The molecule has 1 aromatic heterocycles. The Balaban J connectivity index is 1.97. The van der Waals surface area contributed by atoms with E-state index in [-0.39, 0.29) is 17.9 Å². The largest absolute Gasteiger partial charge is 0.394 e. The molecule has 1 fully saturated rings. The predicted octanol–water partition coefficient (Wildman–Crippen LogP) is 2.73. The molecule has 2 N–H and O–H groups in total. The SMILES string of the molecule is CC(C)(C)c1ncc(/C=C/C(=O)NC(C)(CO)C2CC2)s1. The van der Waals surface area contributed by atoms with Gasteiger partial charge in [0.25, 0.3) is 0 Å². The van der Waals surface area contributed by atoms with Crippen molar-refractivity contribution in [1.29, 1.82) is 0 Å². The molecule has 4 nitrogen and oxygen atoms in total. The summed E-state index contributed by atoms with van der Waals surface area (Å²) < 4.78 is 0. The number of hydrogen-bond donors (Lipinski definition) is 2. The summed E-state index contributed by atoms with van der Waals surface area (Å²) in [6.45, 7) is 8.24. The molecule has 1 aliphatic carbocycles. The van der Waals surface area contributed by atoms with Crippen LogP contribution in [0.5, 0.6) is 0 Å². The van der Waals surface area contributed by atoms with Crippen LogP contribution < -0.4 is 5.32 Å². The minimum absolute atomic E-state index is 0.0218. The highest BCUT2D eigenvalue weighted by molar-refractivity contribution is 7.12. The van der Waals surface area contributed by atoms with Crippen LogP contribution in [0.4, 0.5) is 0 Å². The van der Waals surface area contributed by atoms with Gasteiger partial charge in [0.15, 0.2) is 0 Å². The number of nitrogens with one attached hydrogen (secondary N) is 1. The first-order valence-corrected chi connectivity index (χ1v) is 8.13. The normalized spacial score (nSPS) is 18.7. The number of aliphatic hydroxyl groups is 1. The molecule has 1 unspecified atom stereocenters. The van der Waals surface area contributed by atoms with Crippen LogP contribution in [0.1, 0.15) is 50.4 Å². The van der Waals surface area contributed by atoms with Crippen molar-refractivity contribution >= 4 is 23.3 Å². The lowest BCUT2D eigenvalue weighted by Gasteiger charge is -2.28. The topological polar surface area (TPSA) is 62.2 Å². The van der Waals surface area contributed by atoms with Crippen LogP contribution in [0.2, 0.25) is 0 Å². The van der Waals surface area contributed by atoms with Gasteiger partial charge in [0, 0.05) is 22.6 Å². The van der Waals surface area contributed by atoms with Gasteiger partial charge in [-0.3, -0.25) is 4.79 Å². The molecule has 1 aromatic rings. The van der Waals surface area contributed by atoms with E-state index >= 15 is 0 Å². The van der Waals surface area contributed by atoms with Crippen molar-refractivity contribution in [3.8, 4) is 0 Å². The molecular formula is C16H24N2O2S. The molecule has 1 saturated carbocycles. The first-order chi connectivity index (χ1) is 9.74. The van der Waals surface area contributed by atoms with Crippen molar-refractivity contribution in [3.63, 3.8) is 0 Å². The Morgan fingerprint density at radius 2 is 2.14 bits per heavy atom. The molecule has 1 heterocycles. The summed E-state index contributed by atoms with van der Waals surface area (Å²) in [6.07, 6.45) is 7.25. The van der Waals surface area contributed by atoms with E-state index in [1.807, 2.05) is 6.92 Å². The second-order valence-electron chi connectivity index (χ2n) is 6.99. The van der Waals surface area contributed by atoms with E-state index in [0.29, 0.717) is 5.92 Å². The highest BCUT2D eigenvalue weighted by atomic mass is 32.1. The van der Waals surface area contributed by atoms with Crippen LogP contribution in [0.15, 0.2) is 12.3 Å². The van der Waals surface area contributed by atoms with E-state index in [9.17, 15) is 9.90 Å². The van der Waals surface area contributed by atoms with Crippen molar-refractivity contribution in [1.82, 2.24) is 10.3 Å². The summed E-state index contributed by atoms with van der Waals surface area (Å²) >= 11 is 1.60. The van der Waals surface area contributed by atoms with E-state index in [0.717, 1.165) is 22.7 Å². The van der Waals surface area contributed by atoms with E-state index in [1.165, 1.54) is 6.08 Å². The highest BCUT2D eigenvalue weighted by Crippen LogP contribution is 2.39. The Bertz CT molecular complexity index is 541. The molecule has 0 radical (unpaired) electrons. The summed E-state index contributed by atoms with van der Waals surface area (Å²) in [7, 11) is 0. The van der Waals surface area contributed by atoms with Crippen molar-refractivity contribution in [3.05, 3.63) is 22.2 Å². The van der Waals surface area contributed by atoms with Crippen LogP contribution in [-0.2, 0) is 10.2 Å². The molecule has 5 heteroatoms. The number of rotatable bonds is 5. The van der Waals surface area contributed by atoms with Crippen LogP contribution in [0.25, 0.3) is 6.08 Å². The van der Waals surface area contributed by atoms with E-state index < -0.39 is 5.54 Å². The van der Waals surface area contributed by atoms with Crippen LogP contribution in [0, 0.1) is 5.92 Å². The highest BCUT2D eigenvalue weighted by Gasteiger charge is 2.41. The molecular weight excluding hydrogens is 284 g/mol. The maximum Gasteiger partial charge on any atom is 0.244 e. The van der Waals surface area contributed by atoms with Gasteiger partial charge in [-0.1, -0.05) is 20.8 Å². The van der Waals surface area contributed by atoms with Crippen molar-refractivity contribution in [2.75, 3.05) is 6.61 Å².